The molecule has 0 spiro atoms. The van der Waals surface area contributed by atoms with E-state index in [9.17, 15) is 33.6 Å². The highest BCUT2D eigenvalue weighted by molar-refractivity contribution is 7.17. The van der Waals surface area contributed by atoms with E-state index in [-0.39, 0.29) is 45.3 Å². The standard InChI is InChI=1S/C40H52ClN7O8S/c1-25-12-14-26(15-13-25)23-44-36(51)29(9-7-20-43-40(42)55)46-37(52)30(17-16-27-24-57-33-11-4-3-8-28(27)33)47-38(53)32-10-5-6-21-48(32)39(54)31(45-34(49)22-41)18-19-35(50)56-2/h3-4,8,11-15,24,29-32H,5-7,9-10,16-23H2,1-2H3,(H,44,51)(H,45,49)(H,46,52)(H,47,53)(H3,42,43,55)/t29-,30-,31-,32-/m0/s1. The Morgan fingerprint density at radius 2 is 1.63 bits per heavy atom. The lowest BCUT2D eigenvalue weighted by atomic mass is 9.97. The fourth-order valence-electron chi connectivity index (χ4n) is 6.66. The topological polar surface area (TPSA) is 218 Å². The fraction of sp³-hybridized carbons (Fsp3) is 0.475. The highest BCUT2D eigenvalue weighted by Gasteiger charge is 2.38. The molecular weight excluding hydrogens is 774 g/mol. The molecule has 308 valence electrons. The van der Waals surface area contributed by atoms with E-state index in [1.165, 1.54) is 12.0 Å². The molecule has 15 nitrogen and oxygen atoms in total. The molecule has 0 radical (unpaired) electrons. The minimum Gasteiger partial charge on any atom is -0.469 e. The van der Waals surface area contributed by atoms with Crippen molar-refractivity contribution in [2.24, 2.45) is 5.73 Å². The van der Waals surface area contributed by atoms with Crippen LogP contribution in [0, 0.1) is 6.92 Å². The monoisotopic (exact) mass is 825 g/mol. The first-order valence-electron chi connectivity index (χ1n) is 19.0. The maximum absolute atomic E-state index is 14.2. The molecule has 57 heavy (non-hydrogen) atoms. The van der Waals surface area contributed by atoms with Gasteiger partial charge in [-0.15, -0.1) is 22.9 Å². The van der Waals surface area contributed by atoms with E-state index in [0.717, 1.165) is 26.8 Å². The molecule has 4 rings (SSSR count). The maximum Gasteiger partial charge on any atom is 0.312 e. The van der Waals surface area contributed by atoms with Crippen molar-refractivity contribution in [3.8, 4) is 0 Å². The lowest BCUT2D eigenvalue weighted by Gasteiger charge is -2.37. The molecule has 1 aliphatic rings. The van der Waals surface area contributed by atoms with E-state index in [2.05, 4.69) is 26.6 Å². The van der Waals surface area contributed by atoms with Gasteiger partial charge in [0.1, 0.15) is 30.0 Å². The van der Waals surface area contributed by atoms with Crippen LogP contribution < -0.4 is 32.3 Å². The first-order valence-corrected chi connectivity index (χ1v) is 20.5. The zero-order valence-corrected chi connectivity index (χ0v) is 33.8. The van der Waals surface area contributed by atoms with Crippen LogP contribution in [0.2, 0.25) is 0 Å². The molecule has 17 heteroatoms. The summed E-state index contributed by atoms with van der Waals surface area (Å²) < 4.78 is 5.80. The third kappa shape index (κ3) is 13.7. The van der Waals surface area contributed by atoms with Crippen LogP contribution in [0.25, 0.3) is 10.1 Å². The van der Waals surface area contributed by atoms with E-state index in [0.29, 0.717) is 32.1 Å². The SMILES string of the molecule is COC(=O)CC[C@H](NC(=O)CCl)C(=O)N1CCCC[C@H]1C(=O)N[C@@H](CCc1csc2ccccc12)C(=O)N[C@@H](CCCNC(N)=O)C(=O)NCc1ccc(C)cc1. The molecule has 0 saturated carbocycles. The Labute approximate surface area is 341 Å². The molecule has 7 N–H and O–H groups in total. The number of carbonyl (C=O) groups is 7. The molecule has 1 aromatic heterocycles. The number of likely N-dealkylation sites (tertiary alicyclic amines) is 1. The Bertz CT molecular complexity index is 1870. The summed E-state index contributed by atoms with van der Waals surface area (Å²) in [5.74, 6) is -3.76. The number of aryl methyl sites for hydroxylation is 2. The number of nitrogens with one attached hydrogen (secondary N) is 5. The van der Waals surface area contributed by atoms with Crippen molar-refractivity contribution in [2.45, 2.75) is 95.4 Å². The van der Waals surface area contributed by atoms with Gasteiger partial charge in [0.05, 0.1) is 7.11 Å². The maximum atomic E-state index is 14.2. The number of alkyl halides is 1. The van der Waals surface area contributed by atoms with Crippen molar-refractivity contribution in [2.75, 3.05) is 26.1 Å². The number of rotatable bonds is 20. The van der Waals surface area contributed by atoms with Gasteiger partial charge in [-0.1, -0.05) is 48.0 Å². The number of esters is 1. The number of hydrogen-bond donors (Lipinski definition) is 6. The lowest BCUT2D eigenvalue weighted by molar-refractivity contribution is -0.146. The summed E-state index contributed by atoms with van der Waals surface area (Å²) in [5.41, 5.74) is 8.15. The molecule has 3 aromatic rings. The number of urea groups is 1. The van der Waals surface area contributed by atoms with Crippen molar-refractivity contribution in [3.63, 3.8) is 0 Å². The summed E-state index contributed by atoms with van der Waals surface area (Å²) in [7, 11) is 1.22. The number of nitrogens with zero attached hydrogens (tertiary/aromatic N) is 1. The molecule has 1 aliphatic heterocycles. The van der Waals surface area contributed by atoms with Crippen LogP contribution in [-0.2, 0) is 46.5 Å². The quantitative estimate of drug-likeness (QED) is 0.0564. The van der Waals surface area contributed by atoms with Crippen molar-refractivity contribution in [3.05, 3.63) is 70.6 Å². The average Bonchev–Trinajstić information content (AvgIpc) is 3.63. The summed E-state index contributed by atoms with van der Waals surface area (Å²) >= 11 is 7.29. The summed E-state index contributed by atoms with van der Waals surface area (Å²) in [6.45, 7) is 2.56. The van der Waals surface area contributed by atoms with Gasteiger partial charge in [0.15, 0.2) is 0 Å². The molecule has 0 aliphatic carbocycles. The van der Waals surface area contributed by atoms with Crippen LogP contribution in [0.3, 0.4) is 0 Å². The molecule has 2 heterocycles. The van der Waals surface area contributed by atoms with Crippen molar-refractivity contribution in [1.82, 2.24) is 31.5 Å². The first-order chi connectivity index (χ1) is 27.4. The number of halogens is 1. The minimum atomic E-state index is -1.14. The summed E-state index contributed by atoms with van der Waals surface area (Å²) in [4.78, 5) is 92.9. The number of carbonyl (C=O) groups excluding carboxylic acids is 7. The average molecular weight is 826 g/mol. The largest absolute Gasteiger partial charge is 0.469 e. The number of thiophene rings is 1. The molecular formula is C40H52ClN7O8S. The smallest absolute Gasteiger partial charge is 0.312 e. The third-order valence-electron chi connectivity index (χ3n) is 9.79. The molecule has 7 amide bonds. The van der Waals surface area contributed by atoms with Crippen LogP contribution in [0.5, 0.6) is 0 Å². The predicted octanol–water partition coefficient (Wildman–Crippen LogP) is 2.93. The van der Waals surface area contributed by atoms with Crippen LogP contribution in [-0.4, -0.2) is 96.7 Å². The highest BCUT2D eigenvalue weighted by Crippen LogP contribution is 2.27. The second-order valence-corrected chi connectivity index (χ2v) is 15.1. The molecule has 2 aromatic carbocycles. The van der Waals surface area contributed by atoms with E-state index in [1.807, 2.05) is 60.8 Å². The Morgan fingerprint density at radius 3 is 2.35 bits per heavy atom. The summed E-state index contributed by atoms with van der Waals surface area (Å²) in [5, 5.41) is 16.7. The van der Waals surface area contributed by atoms with Gasteiger partial charge in [-0.3, -0.25) is 28.8 Å². The van der Waals surface area contributed by atoms with Gasteiger partial charge in [0, 0.05) is 30.8 Å². The lowest BCUT2D eigenvalue weighted by Crippen LogP contribution is -2.60. The fourth-order valence-corrected chi connectivity index (χ4v) is 7.74. The normalized spacial score (nSPS) is 15.4. The van der Waals surface area contributed by atoms with E-state index < -0.39 is 71.6 Å². The predicted molar refractivity (Wildman–Crippen MR) is 217 cm³/mol. The molecule has 0 bridgehead atoms. The Hall–Kier alpha value is -5.22. The number of hydrogen-bond acceptors (Lipinski definition) is 9. The van der Waals surface area contributed by atoms with Gasteiger partial charge in [0.2, 0.25) is 29.5 Å². The summed E-state index contributed by atoms with van der Waals surface area (Å²) in [6.07, 6.45) is 2.37. The van der Waals surface area contributed by atoms with Crippen molar-refractivity contribution < 1.29 is 38.3 Å². The second kappa shape index (κ2) is 22.5. The van der Waals surface area contributed by atoms with E-state index in [1.54, 1.807) is 11.3 Å². The van der Waals surface area contributed by atoms with Gasteiger partial charge in [-0.2, -0.15) is 0 Å². The van der Waals surface area contributed by atoms with Gasteiger partial charge >= 0.3 is 12.0 Å². The van der Waals surface area contributed by atoms with Crippen LogP contribution >= 0.6 is 22.9 Å². The number of piperidine rings is 1. The summed E-state index contributed by atoms with van der Waals surface area (Å²) in [6, 6.07) is 10.6. The number of methoxy groups -OCH3 is 1. The van der Waals surface area contributed by atoms with E-state index in [4.69, 9.17) is 22.1 Å². The van der Waals surface area contributed by atoms with Gasteiger partial charge in [-0.05, 0) is 86.2 Å². The number of amides is 7. The third-order valence-corrected chi connectivity index (χ3v) is 11.0. The number of benzene rings is 2. The molecule has 1 saturated heterocycles. The van der Waals surface area contributed by atoms with Crippen molar-refractivity contribution >= 4 is 74.6 Å². The Morgan fingerprint density at radius 1 is 0.895 bits per heavy atom. The Balaban J connectivity index is 1.56. The zero-order valence-electron chi connectivity index (χ0n) is 32.3. The van der Waals surface area contributed by atoms with Crippen LogP contribution in [0.1, 0.15) is 68.1 Å². The second-order valence-electron chi connectivity index (χ2n) is 14.0. The van der Waals surface area contributed by atoms with Crippen LogP contribution in [0.4, 0.5) is 4.79 Å². The van der Waals surface area contributed by atoms with Gasteiger partial charge < -0.3 is 42.0 Å². The molecule has 0 unspecified atom stereocenters. The van der Waals surface area contributed by atoms with Gasteiger partial charge in [-0.25, -0.2) is 4.79 Å². The number of ether oxygens (including phenoxy) is 1. The van der Waals surface area contributed by atoms with E-state index >= 15 is 0 Å². The molecule has 1 fully saturated rings. The van der Waals surface area contributed by atoms with Crippen LogP contribution in [0.15, 0.2) is 53.9 Å². The Kier molecular flexibility index (Phi) is 17.6. The number of primary amides is 1. The van der Waals surface area contributed by atoms with Gasteiger partial charge in [0.25, 0.3) is 0 Å². The number of fused-ring (bicyclic) bond motifs is 1. The first kappa shape index (κ1) is 44.5. The number of nitrogens with two attached hydrogens (primary N) is 1. The van der Waals surface area contributed by atoms with Crippen molar-refractivity contribution in [1.29, 1.82) is 0 Å². The molecule has 4 atom stereocenters. The zero-order chi connectivity index (χ0) is 41.3. The minimum absolute atomic E-state index is 0.0685. The highest BCUT2D eigenvalue weighted by atomic mass is 35.5.